The van der Waals surface area contributed by atoms with Gasteiger partial charge in [-0.1, -0.05) is 30.3 Å². The number of benzene rings is 1. The summed E-state index contributed by atoms with van der Waals surface area (Å²) >= 11 is 0. The Morgan fingerprint density at radius 2 is 1.81 bits per heavy atom. The van der Waals surface area contributed by atoms with Crippen molar-refractivity contribution < 1.29 is 9.47 Å². The van der Waals surface area contributed by atoms with E-state index in [0.717, 1.165) is 69.4 Å². The fourth-order valence-electron chi connectivity index (χ4n) is 3.68. The van der Waals surface area contributed by atoms with Crippen molar-refractivity contribution in [1.82, 2.24) is 14.9 Å². The van der Waals surface area contributed by atoms with E-state index in [9.17, 15) is 0 Å². The summed E-state index contributed by atoms with van der Waals surface area (Å²) in [5.41, 5.74) is 3.45. The molecule has 1 saturated heterocycles. The van der Waals surface area contributed by atoms with Crippen LogP contribution in [-0.2, 0) is 17.6 Å². The summed E-state index contributed by atoms with van der Waals surface area (Å²) in [6.45, 7) is 5.51. The van der Waals surface area contributed by atoms with Gasteiger partial charge in [-0.15, -0.1) is 0 Å². The molecule has 5 heteroatoms. The lowest BCUT2D eigenvalue weighted by Gasteiger charge is -2.26. The number of fused-ring (bicyclic) bond motifs is 1. The zero-order chi connectivity index (χ0) is 17.6. The van der Waals surface area contributed by atoms with Gasteiger partial charge in [0.2, 0.25) is 5.88 Å². The Labute approximate surface area is 155 Å². The first-order valence-corrected chi connectivity index (χ1v) is 9.78. The third-order valence-corrected chi connectivity index (χ3v) is 5.14. The second-order valence-corrected chi connectivity index (χ2v) is 7.01. The number of aryl methyl sites for hydroxylation is 1. The number of hydrogen-bond donors (Lipinski definition) is 0. The average molecular weight is 353 g/mol. The zero-order valence-electron chi connectivity index (χ0n) is 15.3. The fraction of sp³-hybridized carbons (Fsp3) is 0.524. The molecule has 0 spiro atoms. The highest BCUT2D eigenvalue weighted by molar-refractivity contribution is 5.56. The van der Waals surface area contributed by atoms with Crippen LogP contribution in [0.4, 0.5) is 0 Å². The minimum absolute atomic E-state index is 0.703. The van der Waals surface area contributed by atoms with E-state index in [1.165, 1.54) is 24.1 Å². The van der Waals surface area contributed by atoms with E-state index in [-0.39, 0.29) is 0 Å². The van der Waals surface area contributed by atoms with Gasteiger partial charge in [-0.05, 0) is 32.1 Å². The van der Waals surface area contributed by atoms with Crippen molar-refractivity contribution in [3.05, 3.63) is 41.6 Å². The van der Waals surface area contributed by atoms with Crippen LogP contribution in [0.3, 0.4) is 0 Å². The second-order valence-electron chi connectivity index (χ2n) is 7.01. The van der Waals surface area contributed by atoms with Gasteiger partial charge in [0, 0.05) is 30.8 Å². The molecule has 1 aliphatic carbocycles. The van der Waals surface area contributed by atoms with Crippen molar-refractivity contribution in [2.45, 2.75) is 32.1 Å². The third kappa shape index (κ3) is 4.22. The Hall–Kier alpha value is -1.98. The standard InChI is InChI=1S/C21H27N3O2/c1-2-7-17(8-3-1)20-22-19-10-5-4-9-18(19)21(23-20)26-14-6-11-24-12-15-25-16-13-24/h1-3,7-8H,4-6,9-16H2. The van der Waals surface area contributed by atoms with Gasteiger partial charge >= 0.3 is 0 Å². The van der Waals surface area contributed by atoms with Gasteiger partial charge in [0.05, 0.1) is 25.5 Å². The molecule has 0 unspecified atom stereocenters. The number of ether oxygens (including phenoxy) is 2. The quantitative estimate of drug-likeness (QED) is 0.747. The van der Waals surface area contributed by atoms with Crippen LogP contribution in [-0.4, -0.2) is 54.3 Å². The van der Waals surface area contributed by atoms with Gasteiger partial charge in [0.25, 0.3) is 0 Å². The molecule has 4 rings (SSSR count). The molecule has 2 aromatic rings. The molecule has 2 heterocycles. The van der Waals surface area contributed by atoms with Crippen molar-refractivity contribution in [2.24, 2.45) is 0 Å². The third-order valence-electron chi connectivity index (χ3n) is 5.14. The number of aromatic nitrogens is 2. The molecule has 1 aromatic heterocycles. The number of morpholine rings is 1. The Bertz CT molecular complexity index is 715. The minimum atomic E-state index is 0.703. The fourth-order valence-corrected chi connectivity index (χ4v) is 3.68. The van der Waals surface area contributed by atoms with Crippen molar-refractivity contribution in [2.75, 3.05) is 39.5 Å². The van der Waals surface area contributed by atoms with Gasteiger partial charge in [0.1, 0.15) is 0 Å². The molecule has 2 aliphatic rings. The van der Waals surface area contributed by atoms with Crippen LogP contribution in [0.25, 0.3) is 11.4 Å². The van der Waals surface area contributed by atoms with E-state index >= 15 is 0 Å². The van der Waals surface area contributed by atoms with Crippen molar-refractivity contribution in [1.29, 1.82) is 0 Å². The molecule has 0 N–H and O–H groups in total. The van der Waals surface area contributed by atoms with E-state index < -0.39 is 0 Å². The van der Waals surface area contributed by atoms with E-state index in [0.29, 0.717) is 6.61 Å². The van der Waals surface area contributed by atoms with Crippen molar-refractivity contribution in [3.8, 4) is 17.3 Å². The Balaban J connectivity index is 1.45. The molecule has 0 saturated carbocycles. The van der Waals surface area contributed by atoms with E-state index in [1.807, 2.05) is 18.2 Å². The molecule has 0 radical (unpaired) electrons. The molecule has 1 aromatic carbocycles. The first kappa shape index (κ1) is 17.4. The molecule has 0 atom stereocenters. The molecule has 138 valence electrons. The van der Waals surface area contributed by atoms with Crippen molar-refractivity contribution >= 4 is 0 Å². The maximum atomic E-state index is 6.15. The Kier molecular flexibility index (Phi) is 5.77. The molecule has 5 nitrogen and oxygen atoms in total. The largest absolute Gasteiger partial charge is 0.477 e. The van der Waals surface area contributed by atoms with E-state index in [2.05, 4.69) is 17.0 Å². The number of nitrogens with zero attached hydrogens (tertiary/aromatic N) is 3. The van der Waals surface area contributed by atoms with Gasteiger partial charge in [-0.2, -0.15) is 4.98 Å². The first-order chi connectivity index (χ1) is 12.9. The highest BCUT2D eigenvalue weighted by Crippen LogP contribution is 2.29. The van der Waals surface area contributed by atoms with Gasteiger partial charge in [-0.25, -0.2) is 4.98 Å². The van der Waals surface area contributed by atoms with E-state index in [4.69, 9.17) is 19.4 Å². The molecule has 26 heavy (non-hydrogen) atoms. The average Bonchev–Trinajstić information content (AvgIpc) is 2.72. The molecular weight excluding hydrogens is 326 g/mol. The minimum Gasteiger partial charge on any atom is -0.477 e. The van der Waals surface area contributed by atoms with Crippen LogP contribution >= 0.6 is 0 Å². The summed E-state index contributed by atoms with van der Waals surface area (Å²) in [4.78, 5) is 12.0. The highest BCUT2D eigenvalue weighted by atomic mass is 16.5. The number of rotatable bonds is 6. The molecule has 1 aliphatic heterocycles. The van der Waals surface area contributed by atoms with Gasteiger partial charge in [0.15, 0.2) is 5.82 Å². The SMILES string of the molecule is c1ccc(-c2nc3c(c(OCCCN4CCOCC4)n2)CCCC3)cc1. The lowest BCUT2D eigenvalue weighted by atomic mass is 9.96. The summed E-state index contributed by atoms with van der Waals surface area (Å²) in [7, 11) is 0. The van der Waals surface area contributed by atoms with Gasteiger partial charge in [-0.3, -0.25) is 4.90 Å². The summed E-state index contributed by atoms with van der Waals surface area (Å²) in [5, 5.41) is 0. The topological polar surface area (TPSA) is 47.5 Å². The van der Waals surface area contributed by atoms with Crippen LogP contribution in [0, 0.1) is 0 Å². The first-order valence-electron chi connectivity index (χ1n) is 9.78. The second kappa shape index (κ2) is 8.60. The Morgan fingerprint density at radius 1 is 1.00 bits per heavy atom. The van der Waals surface area contributed by atoms with E-state index in [1.54, 1.807) is 0 Å². The molecule has 0 amide bonds. The normalized spacial score (nSPS) is 17.7. The number of hydrogen-bond acceptors (Lipinski definition) is 5. The zero-order valence-corrected chi connectivity index (χ0v) is 15.3. The molecule has 0 bridgehead atoms. The maximum absolute atomic E-state index is 6.15. The van der Waals surface area contributed by atoms with Crippen molar-refractivity contribution in [3.63, 3.8) is 0 Å². The summed E-state index contributed by atoms with van der Waals surface area (Å²) in [6.07, 6.45) is 5.48. The highest BCUT2D eigenvalue weighted by Gasteiger charge is 2.19. The Morgan fingerprint density at radius 3 is 2.65 bits per heavy atom. The lowest BCUT2D eigenvalue weighted by Crippen LogP contribution is -2.37. The van der Waals surface area contributed by atoms with Crippen LogP contribution < -0.4 is 4.74 Å². The predicted molar refractivity (Wildman–Crippen MR) is 101 cm³/mol. The predicted octanol–water partition coefficient (Wildman–Crippen LogP) is 3.12. The molecule has 1 fully saturated rings. The smallest absolute Gasteiger partial charge is 0.220 e. The monoisotopic (exact) mass is 353 g/mol. The van der Waals surface area contributed by atoms with Crippen LogP contribution in [0.5, 0.6) is 5.88 Å². The summed E-state index contributed by atoms with van der Waals surface area (Å²) in [5.74, 6) is 1.59. The van der Waals surface area contributed by atoms with Crippen LogP contribution in [0.1, 0.15) is 30.5 Å². The van der Waals surface area contributed by atoms with Crippen LogP contribution in [0.2, 0.25) is 0 Å². The van der Waals surface area contributed by atoms with Crippen LogP contribution in [0.15, 0.2) is 30.3 Å². The summed E-state index contributed by atoms with van der Waals surface area (Å²) < 4.78 is 11.6. The lowest BCUT2D eigenvalue weighted by molar-refractivity contribution is 0.0357. The summed E-state index contributed by atoms with van der Waals surface area (Å²) in [6, 6.07) is 10.2. The molecular formula is C21H27N3O2. The maximum Gasteiger partial charge on any atom is 0.220 e. The van der Waals surface area contributed by atoms with Gasteiger partial charge < -0.3 is 9.47 Å².